The highest BCUT2D eigenvalue weighted by Gasteiger charge is 2.58. The number of allylic oxidation sites excluding steroid dienone is 6. The fourth-order valence-corrected chi connectivity index (χ4v) is 6.79. The van der Waals surface area contributed by atoms with Crippen LogP contribution < -0.4 is 0 Å². The molecule has 1 aliphatic heterocycles. The molecule has 1 fully saturated rings. The number of hydrogen-bond donors (Lipinski definition) is 1. The number of methoxy groups -OCH3 is 1. The lowest BCUT2D eigenvalue weighted by Crippen LogP contribution is -2.40. The van der Waals surface area contributed by atoms with Gasteiger partial charge in [-0.15, -0.1) is 0 Å². The Balaban J connectivity index is 1.56. The second-order valence-electron chi connectivity index (χ2n) is 9.60. The Labute approximate surface area is 219 Å². The van der Waals surface area contributed by atoms with Crippen LogP contribution in [0.2, 0.25) is 0 Å². The van der Waals surface area contributed by atoms with Gasteiger partial charge in [-0.2, -0.15) is 4.90 Å². The fourth-order valence-electron chi connectivity index (χ4n) is 6.34. The zero-order valence-corrected chi connectivity index (χ0v) is 21.2. The van der Waals surface area contributed by atoms with E-state index in [0.29, 0.717) is 21.4 Å². The van der Waals surface area contributed by atoms with Crippen LogP contribution in [0.4, 0.5) is 4.79 Å². The molecule has 2 aromatic carbocycles. The Hall–Kier alpha value is -3.85. The molecular weight excluding hydrogens is 542 g/mol. The number of ketones is 2. The second-order valence-corrected chi connectivity index (χ2v) is 10.5. The van der Waals surface area contributed by atoms with Crippen molar-refractivity contribution in [3.8, 4) is 5.75 Å². The summed E-state index contributed by atoms with van der Waals surface area (Å²) in [6, 6.07) is 10.8. The molecule has 1 heterocycles. The van der Waals surface area contributed by atoms with E-state index in [1.165, 1.54) is 6.08 Å². The van der Waals surface area contributed by atoms with Crippen LogP contribution in [0, 0.1) is 17.8 Å². The van der Waals surface area contributed by atoms with Crippen LogP contribution in [0.25, 0.3) is 10.8 Å². The molecule has 4 atom stereocenters. The van der Waals surface area contributed by atoms with Gasteiger partial charge in [-0.25, -0.2) is 4.79 Å². The van der Waals surface area contributed by atoms with Crippen molar-refractivity contribution >= 4 is 56.2 Å². The molecule has 8 nitrogen and oxygen atoms in total. The predicted molar refractivity (Wildman–Crippen MR) is 134 cm³/mol. The monoisotopic (exact) mass is 561 g/mol. The number of hydrogen-bond acceptors (Lipinski definition) is 7. The van der Waals surface area contributed by atoms with Gasteiger partial charge in [-0.1, -0.05) is 48.0 Å². The topological polar surface area (TPSA) is 118 Å². The van der Waals surface area contributed by atoms with Gasteiger partial charge in [-0.3, -0.25) is 19.2 Å². The number of likely N-dealkylation sites (tertiary alicyclic amines) is 1. The van der Waals surface area contributed by atoms with E-state index in [2.05, 4.69) is 20.7 Å². The van der Waals surface area contributed by atoms with Crippen LogP contribution in [0.3, 0.4) is 0 Å². The first-order valence-corrected chi connectivity index (χ1v) is 12.6. The van der Waals surface area contributed by atoms with Crippen molar-refractivity contribution in [1.82, 2.24) is 4.90 Å². The molecule has 0 aromatic heterocycles. The Morgan fingerprint density at radius 2 is 1.81 bits per heavy atom. The van der Waals surface area contributed by atoms with Crippen LogP contribution in [0.5, 0.6) is 5.75 Å². The van der Waals surface area contributed by atoms with E-state index >= 15 is 0 Å². The Morgan fingerprint density at radius 1 is 1.05 bits per heavy atom. The Bertz CT molecular complexity index is 1570. The lowest BCUT2D eigenvalue weighted by molar-refractivity contribution is -0.137. The molecule has 0 bridgehead atoms. The molecule has 9 heteroatoms. The summed E-state index contributed by atoms with van der Waals surface area (Å²) in [6.45, 7) is 0. The Kier molecular flexibility index (Phi) is 5.31. The van der Waals surface area contributed by atoms with Gasteiger partial charge >= 0.3 is 6.09 Å². The van der Waals surface area contributed by atoms with Crippen LogP contribution in [0.1, 0.15) is 24.3 Å². The van der Waals surface area contributed by atoms with Crippen LogP contribution in [0.15, 0.2) is 69.8 Å². The number of phenols is 1. The molecule has 3 amide bonds. The first-order chi connectivity index (χ1) is 17.7. The third-order valence-corrected chi connectivity index (χ3v) is 8.52. The highest BCUT2D eigenvalue weighted by Crippen LogP contribution is 2.56. The number of fused-ring (bicyclic) bond motifs is 4. The number of ether oxygens (including phenoxy) is 1. The van der Waals surface area contributed by atoms with E-state index in [9.17, 15) is 29.1 Å². The molecule has 0 radical (unpaired) electrons. The SMILES string of the molecule is COC(=O)N1C(=O)C2CC=C3C(c4ccc5ccccc5c4O)C4=C(CC3C2C1=O)C(=O)C(Br)=CC4=O. The van der Waals surface area contributed by atoms with Gasteiger partial charge in [-0.05, 0) is 40.1 Å². The third kappa shape index (κ3) is 3.23. The van der Waals surface area contributed by atoms with Crippen molar-refractivity contribution in [3.05, 3.63) is 75.3 Å². The fraction of sp³-hybridized carbons (Fsp3) is 0.250. The molecule has 1 saturated heterocycles. The molecule has 186 valence electrons. The van der Waals surface area contributed by atoms with E-state index in [1.54, 1.807) is 18.2 Å². The number of benzene rings is 2. The first-order valence-electron chi connectivity index (χ1n) is 11.8. The lowest BCUT2D eigenvalue weighted by atomic mass is 9.59. The van der Waals surface area contributed by atoms with Crippen molar-refractivity contribution in [1.29, 1.82) is 0 Å². The minimum Gasteiger partial charge on any atom is -0.507 e. The van der Waals surface area contributed by atoms with Gasteiger partial charge in [0.1, 0.15) is 5.75 Å². The molecule has 6 rings (SSSR count). The van der Waals surface area contributed by atoms with E-state index in [-0.39, 0.29) is 45.8 Å². The van der Waals surface area contributed by atoms with E-state index in [4.69, 9.17) is 0 Å². The highest BCUT2D eigenvalue weighted by atomic mass is 79.9. The van der Waals surface area contributed by atoms with Crippen molar-refractivity contribution in [2.24, 2.45) is 17.8 Å². The normalized spacial score (nSPS) is 27.0. The lowest BCUT2D eigenvalue weighted by Gasteiger charge is -2.42. The van der Waals surface area contributed by atoms with Gasteiger partial charge < -0.3 is 9.84 Å². The first kappa shape index (κ1) is 23.5. The predicted octanol–water partition coefficient (Wildman–Crippen LogP) is 4.07. The van der Waals surface area contributed by atoms with Crippen LogP contribution in [-0.2, 0) is 23.9 Å². The van der Waals surface area contributed by atoms with Gasteiger partial charge in [0.05, 0.1) is 23.4 Å². The zero-order valence-electron chi connectivity index (χ0n) is 19.6. The summed E-state index contributed by atoms with van der Waals surface area (Å²) in [5, 5.41) is 12.8. The highest BCUT2D eigenvalue weighted by molar-refractivity contribution is 9.12. The van der Waals surface area contributed by atoms with Crippen molar-refractivity contribution < 1.29 is 33.8 Å². The number of amides is 3. The van der Waals surface area contributed by atoms with Crippen LogP contribution >= 0.6 is 15.9 Å². The number of aromatic hydroxyl groups is 1. The number of rotatable bonds is 1. The van der Waals surface area contributed by atoms with Crippen molar-refractivity contribution in [2.45, 2.75) is 18.8 Å². The average Bonchev–Trinajstić information content (AvgIpc) is 3.16. The number of imide groups is 3. The standard InChI is InChI=1S/C28H20BrNO7/c1-37-28(36)30-26(34)16-9-8-14-17(22(16)27(30)35)10-18-23(20(31)11-19(29)25(18)33)21(14)15-7-6-12-4-2-3-5-13(12)24(15)32/h2-8,11,16-17,21-22,32H,9-10H2,1H3. The molecule has 2 aromatic rings. The molecule has 4 unspecified atom stereocenters. The van der Waals surface area contributed by atoms with Gasteiger partial charge in [0.2, 0.25) is 11.8 Å². The summed E-state index contributed by atoms with van der Waals surface area (Å²) in [6.07, 6.45) is 2.27. The van der Waals surface area contributed by atoms with Gasteiger partial charge in [0.15, 0.2) is 11.6 Å². The van der Waals surface area contributed by atoms with E-state index < -0.39 is 41.6 Å². The van der Waals surface area contributed by atoms with Crippen molar-refractivity contribution in [2.75, 3.05) is 7.11 Å². The maximum atomic E-state index is 13.4. The molecular formula is C28H20BrNO7. The molecule has 37 heavy (non-hydrogen) atoms. The summed E-state index contributed by atoms with van der Waals surface area (Å²) in [5.41, 5.74) is 1.64. The minimum absolute atomic E-state index is 0.0162. The maximum absolute atomic E-state index is 13.4. The molecule has 0 saturated carbocycles. The molecule has 4 aliphatic rings. The van der Waals surface area contributed by atoms with Gasteiger partial charge in [0.25, 0.3) is 0 Å². The number of carbonyl (C=O) groups excluding carboxylic acids is 5. The second kappa shape index (κ2) is 8.34. The zero-order chi connectivity index (χ0) is 26.2. The largest absolute Gasteiger partial charge is 0.507 e. The maximum Gasteiger partial charge on any atom is 0.423 e. The quantitative estimate of drug-likeness (QED) is 0.316. The Morgan fingerprint density at radius 3 is 2.57 bits per heavy atom. The average molecular weight is 562 g/mol. The number of Topliss-reactive ketones (excluding diaryl/α,β-unsaturated/α-hetero) is 1. The summed E-state index contributed by atoms with van der Waals surface area (Å²) in [7, 11) is 1.10. The smallest absolute Gasteiger partial charge is 0.423 e. The minimum atomic E-state index is -1.04. The number of phenolic OH excluding ortho intramolecular Hbond substituents is 1. The van der Waals surface area contributed by atoms with Crippen molar-refractivity contribution in [3.63, 3.8) is 0 Å². The summed E-state index contributed by atoms with van der Waals surface area (Å²) < 4.78 is 4.78. The summed E-state index contributed by atoms with van der Waals surface area (Å²) in [4.78, 5) is 65.8. The number of carbonyl (C=O) groups is 5. The summed E-state index contributed by atoms with van der Waals surface area (Å²) >= 11 is 3.19. The molecule has 3 aliphatic carbocycles. The molecule has 1 N–H and O–H groups in total. The van der Waals surface area contributed by atoms with E-state index in [0.717, 1.165) is 12.5 Å². The number of halogens is 1. The number of nitrogens with zero attached hydrogens (tertiary/aromatic N) is 1. The van der Waals surface area contributed by atoms with Gasteiger partial charge in [0, 0.05) is 34.1 Å². The third-order valence-electron chi connectivity index (χ3n) is 7.93. The molecule has 0 spiro atoms. The van der Waals surface area contributed by atoms with Crippen LogP contribution in [-0.4, -0.2) is 46.6 Å². The summed E-state index contributed by atoms with van der Waals surface area (Å²) in [5.74, 6) is -5.12. The van der Waals surface area contributed by atoms with E-state index in [1.807, 2.05) is 24.3 Å².